The molecule has 2 aromatic rings. The average Bonchev–Trinajstić information content (AvgIpc) is 3.46. The number of rotatable bonds is 4. The van der Waals surface area contributed by atoms with Gasteiger partial charge in [-0.2, -0.15) is 0 Å². The maximum absolute atomic E-state index is 15.4. The molecule has 160 valence electrons. The SMILES string of the molecule is CC1=c2c(c(=O)[nH]c(=O)n2C2CC2)=CC(F)C1c1cc2c(s1)CCC(C(N)CO)C2. The highest BCUT2D eigenvalue weighted by atomic mass is 32.1. The highest BCUT2D eigenvalue weighted by molar-refractivity contribution is 7.12. The summed E-state index contributed by atoms with van der Waals surface area (Å²) < 4.78 is 17.0. The first-order chi connectivity index (χ1) is 14.4. The lowest BCUT2D eigenvalue weighted by Crippen LogP contribution is -2.57. The van der Waals surface area contributed by atoms with Crippen LogP contribution in [0.5, 0.6) is 0 Å². The molecule has 2 aromatic heterocycles. The monoisotopic (exact) mass is 431 g/mol. The molecule has 1 saturated carbocycles. The summed E-state index contributed by atoms with van der Waals surface area (Å²) in [5.41, 5.74) is 7.06. The van der Waals surface area contributed by atoms with Gasteiger partial charge in [0.1, 0.15) is 6.17 Å². The molecule has 0 radical (unpaired) electrons. The number of H-pyrrole nitrogens is 1. The van der Waals surface area contributed by atoms with E-state index in [0.717, 1.165) is 42.6 Å². The van der Waals surface area contributed by atoms with Gasteiger partial charge in [0.2, 0.25) is 0 Å². The fourth-order valence-corrected chi connectivity index (χ4v) is 6.47. The number of aryl methyl sites for hydroxylation is 1. The third-order valence-electron chi connectivity index (χ3n) is 6.84. The van der Waals surface area contributed by atoms with Gasteiger partial charge in [0.05, 0.1) is 23.1 Å². The number of alkyl halides is 1. The number of aromatic nitrogens is 2. The van der Waals surface area contributed by atoms with Gasteiger partial charge in [-0.3, -0.25) is 14.3 Å². The molecule has 0 aromatic carbocycles. The number of nitrogens with zero attached hydrogens (tertiary/aromatic N) is 1. The summed E-state index contributed by atoms with van der Waals surface area (Å²) in [4.78, 5) is 29.4. The molecule has 0 spiro atoms. The van der Waals surface area contributed by atoms with Crippen molar-refractivity contribution in [1.82, 2.24) is 9.55 Å². The van der Waals surface area contributed by atoms with Gasteiger partial charge in [-0.05, 0) is 68.2 Å². The Morgan fingerprint density at radius 3 is 2.83 bits per heavy atom. The van der Waals surface area contributed by atoms with Gasteiger partial charge in [0, 0.05) is 21.8 Å². The highest BCUT2D eigenvalue weighted by Gasteiger charge is 2.34. The lowest BCUT2D eigenvalue weighted by molar-refractivity contribution is 0.216. The number of halogens is 1. The number of fused-ring (bicyclic) bond motifs is 2. The topological polar surface area (TPSA) is 101 Å². The molecule has 1 fully saturated rings. The summed E-state index contributed by atoms with van der Waals surface area (Å²) in [7, 11) is 0. The highest BCUT2D eigenvalue weighted by Crippen LogP contribution is 2.41. The van der Waals surface area contributed by atoms with Crippen LogP contribution in [0.3, 0.4) is 0 Å². The Hall–Kier alpha value is -2.03. The average molecular weight is 432 g/mol. The van der Waals surface area contributed by atoms with Crippen LogP contribution < -0.4 is 27.6 Å². The molecule has 4 atom stereocenters. The van der Waals surface area contributed by atoms with Crippen molar-refractivity contribution in [2.45, 2.75) is 63.2 Å². The van der Waals surface area contributed by atoms with Crippen molar-refractivity contribution in [1.29, 1.82) is 0 Å². The van der Waals surface area contributed by atoms with Crippen molar-refractivity contribution in [3.8, 4) is 0 Å². The van der Waals surface area contributed by atoms with Crippen LogP contribution in [0.2, 0.25) is 0 Å². The molecular weight excluding hydrogens is 405 g/mol. The second kappa shape index (κ2) is 7.28. The number of hydrogen-bond donors (Lipinski definition) is 3. The van der Waals surface area contributed by atoms with Crippen LogP contribution in [0.4, 0.5) is 4.39 Å². The van der Waals surface area contributed by atoms with Gasteiger partial charge in [-0.15, -0.1) is 11.3 Å². The number of nitrogens with two attached hydrogens (primary N) is 1. The quantitative estimate of drug-likeness (QED) is 0.654. The predicted molar refractivity (Wildman–Crippen MR) is 115 cm³/mol. The van der Waals surface area contributed by atoms with E-state index in [2.05, 4.69) is 11.1 Å². The van der Waals surface area contributed by atoms with Crippen LogP contribution in [0, 0.1) is 5.92 Å². The first kappa shape index (κ1) is 19.9. The molecule has 8 heteroatoms. The third-order valence-corrected chi connectivity index (χ3v) is 8.16. The number of aliphatic hydroxyl groups excluding tert-OH is 1. The van der Waals surface area contributed by atoms with E-state index in [1.54, 1.807) is 15.9 Å². The van der Waals surface area contributed by atoms with Gasteiger partial charge < -0.3 is 10.8 Å². The lowest BCUT2D eigenvalue weighted by Gasteiger charge is -2.26. The summed E-state index contributed by atoms with van der Waals surface area (Å²) in [6.07, 6.45) is 4.46. The van der Waals surface area contributed by atoms with Crippen LogP contribution in [0.15, 0.2) is 15.7 Å². The molecule has 0 bridgehead atoms. The standard InChI is InChI=1S/C22H26FN3O3S/c1-10-19(18-7-12-6-11(16(24)9-27)2-5-17(12)30-18)15(23)8-14-20(10)26(13-3-4-13)22(29)25-21(14)28/h7-8,11,13,15-16,19,27H,2-6,9,24H2,1H3,(H,25,28,29). The van der Waals surface area contributed by atoms with E-state index in [1.165, 1.54) is 16.5 Å². The Kier molecular flexibility index (Phi) is 4.83. The van der Waals surface area contributed by atoms with E-state index in [9.17, 15) is 14.7 Å². The van der Waals surface area contributed by atoms with E-state index in [4.69, 9.17) is 5.73 Å². The minimum absolute atomic E-state index is 0.0297. The normalized spacial score (nSPS) is 26.7. The van der Waals surface area contributed by atoms with E-state index in [1.807, 2.05) is 6.92 Å². The van der Waals surface area contributed by atoms with Gasteiger partial charge in [-0.1, -0.05) is 0 Å². The zero-order valence-corrected chi connectivity index (χ0v) is 17.7. The van der Waals surface area contributed by atoms with Crippen molar-refractivity contribution in [2.24, 2.45) is 11.7 Å². The Morgan fingerprint density at radius 1 is 1.37 bits per heavy atom. The first-order valence-corrected chi connectivity index (χ1v) is 11.4. The van der Waals surface area contributed by atoms with Crippen LogP contribution >= 0.6 is 11.3 Å². The van der Waals surface area contributed by atoms with Crippen molar-refractivity contribution in [2.75, 3.05) is 6.61 Å². The van der Waals surface area contributed by atoms with Crippen LogP contribution in [0.1, 0.15) is 53.5 Å². The lowest BCUT2D eigenvalue weighted by atomic mass is 9.83. The van der Waals surface area contributed by atoms with Crippen molar-refractivity contribution in [3.05, 3.63) is 52.8 Å². The summed E-state index contributed by atoms with van der Waals surface area (Å²) in [5, 5.41) is 10.3. The fraction of sp³-hybridized carbons (Fsp3) is 0.545. The summed E-state index contributed by atoms with van der Waals surface area (Å²) >= 11 is 1.63. The van der Waals surface area contributed by atoms with E-state index in [0.29, 0.717) is 5.35 Å². The van der Waals surface area contributed by atoms with Crippen LogP contribution in [0.25, 0.3) is 11.6 Å². The molecule has 4 N–H and O–H groups in total. The van der Waals surface area contributed by atoms with Gasteiger partial charge in [0.25, 0.3) is 5.56 Å². The van der Waals surface area contributed by atoms with Gasteiger partial charge in [-0.25, -0.2) is 9.18 Å². The molecule has 30 heavy (non-hydrogen) atoms. The Bertz CT molecular complexity index is 1240. The molecule has 0 amide bonds. The Morgan fingerprint density at radius 2 is 2.13 bits per heavy atom. The molecule has 3 aliphatic rings. The zero-order valence-electron chi connectivity index (χ0n) is 16.9. The van der Waals surface area contributed by atoms with Gasteiger partial charge >= 0.3 is 5.69 Å². The molecular formula is C22H26FN3O3S. The minimum Gasteiger partial charge on any atom is -0.395 e. The number of aliphatic hydroxyl groups is 1. The summed E-state index contributed by atoms with van der Waals surface area (Å²) in [6, 6.07) is 1.92. The predicted octanol–water partition coefficient (Wildman–Crippen LogP) is 0.444. The number of aromatic amines is 1. The maximum Gasteiger partial charge on any atom is 0.329 e. The van der Waals surface area contributed by atoms with Crippen molar-refractivity contribution < 1.29 is 9.50 Å². The van der Waals surface area contributed by atoms with E-state index in [-0.39, 0.29) is 29.8 Å². The smallest absolute Gasteiger partial charge is 0.329 e. The van der Waals surface area contributed by atoms with E-state index < -0.39 is 23.3 Å². The Balaban J connectivity index is 1.62. The molecule has 4 unspecified atom stereocenters. The van der Waals surface area contributed by atoms with Crippen molar-refractivity contribution >= 4 is 23.0 Å². The molecule has 6 nitrogen and oxygen atoms in total. The summed E-state index contributed by atoms with van der Waals surface area (Å²) in [5.74, 6) is -0.266. The largest absolute Gasteiger partial charge is 0.395 e. The van der Waals surface area contributed by atoms with Crippen LogP contribution in [-0.4, -0.2) is 33.5 Å². The molecule has 3 aliphatic carbocycles. The number of thiophene rings is 1. The number of nitrogens with one attached hydrogen (secondary N) is 1. The second-order valence-corrected chi connectivity index (χ2v) is 10.0. The minimum atomic E-state index is -1.32. The first-order valence-electron chi connectivity index (χ1n) is 10.6. The second-order valence-electron chi connectivity index (χ2n) is 8.84. The zero-order chi connectivity index (χ0) is 21.2. The van der Waals surface area contributed by atoms with Crippen molar-refractivity contribution in [3.63, 3.8) is 0 Å². The fourth-order valence-electron chi connectivity index (χ4n) is 5.06. The molecule has 0 aliphatic heterocycles. The molecule has 2 heterocycles. The summed E-state index contributed by atoms with van der Waals surface area (Å²) in [6.45, 7) is 1.82. The van der Waals surface area contributed by atoms with Gasteiger partial charge in [0.15, 0.2) is 0 Å². The third kappa shape index (κ3) is 3.13. The Labute approximate surface area is 176 Å². The van der Waals surface area contributed by atoms with E-state index >= 15 is 4.39 Å². The molecule has 5 rings (SSSR count). The van der Waals surface area contributed by atoms with Crippen LogP contribution in [-0.2, 0) is 12.8 Å². The number of hydrogen-bond acceptors (Lipinski definition) is 5. The molecule has 0 saturated heterocycles. The maximum atomic E-state index is 15.4.